The SMILES string of the molecule is CC/C=C\C/C=C\C/C=C\C/C=C\C/C=C\CCCC(=O)OC(C/C=C\CCCCCCCCOC(=O)CC)CCCCCC. The van der Waals surface area contributed by atoms with Crippen molar-refractivity contribution in [3.8, 4) is 0 Å². The smallest absolute Gasteiger partial charge is 0.306 e. The number of ether oxygens (including phenoxy) is 2. The van der Waals surface area contributed by atoms with E-state index in [4.69, 9.17) is 9.47 Å². The highest BCUT2D eigenvalue weighted by molar-refractivity contribution is 5.69. The molecule has 0 aromatic heterocycles. The predicted molar refractivity (Wildman–Crippen MR) is 194 cm³/mol. The van der Waals surface area contributed by atoms with Crippen LogP contribution in [0.15, 0.2) is 72.9 Å². The molecule has 0 radical (unpaired) electrons. The van der Waals surface area contributed by atoms with E-state index in [1.165, 1.54) is 44.9 Å². The van der Waals surface area contributed by atoms with E-state index in [2.05, 4.69) is 86.8 Å². The summed E-state index contributed by atoms with van der Waals surface area (Å²) in [7, 11) is 0. The molecule has 0 aliphatic heterocycles. The Hall–Kier alpha value is -2.62. The average Bonchev–Trinajstić information content (AvgIpc) is 3.04. The van der Waals surface area contributed by atoms with Gasteiger partial charge in [-0.15, -0.1) is 0 Å². The summed E-state index contributed by atoms with van der Waals surface area (Å²) >= 11 is 0. The van der Waals surface area contributed by atoms with Crippen LogP contribution in [0.5, 0.6) is 0 Å². The standard InChI is InChI=1S/C41H68O4/c1-4-7-9-11-12-13-14-15-16-17-18-19-20-23-26-29-33-37-41(43)45-39(35-31-10-8-5-2)36-32-28-25-22-21-24-27-30-34-38-44-40(42)6-3/h7,9,12-13,15-16,18-19,23,26,28,32,39H,4-6,8,10-11,14,17,20-22,24-25,27,29-31,33-38H2,1-3H3/b9-7-,13-12-,16-15-,19-18-,26-23-,32-28-. The number of hydrogen-bond acceptors (Lipinski definition) is 4. The van der Waals surface area contributed by atoms with Gasteiger partial charge in [-0.2, -0.15) is 0 Å². The lowest BCUT2D eigenvalue weighted by atomic mass is 10.1. The molecule has 0 aromatic carbocycles. The van der Waals surface area contributed by atoms with Gasteiger partial charge in [0.05, 0.1) is 6.61 Å². The van der Waals surface area contributed by atoms with Gasteiger partial charge >= 0.3 is 11.9 Å². The van der Waals surface area contributed by atoms with Gasteiger partial charge in [0.2, 0.25) is 0 Å². The van der Waals surface area contributed by atoms with Gasteiger partial charge in [0, 0.05) is 19.3 Å². The third kappa shape index (κ3) is 34.1. The van der Waals surface area contributed by atoms with Gasteiger partial charge in [0.25, 0.3) is 0 Å². The van der Waals surface area contributed by atoms with Crippen LogP contribution in [0.3, 0.4) is 0 Å². The fourth-order valence-corrected chi connectivity index (χ4v) is 4.73. The molecule has 0 amide bonds. The lowest BCUT2D eigenvalue weighted by Crippen LogP contribution is -2.17. The highest BCUT2D eigenvalue weighted by Gasteiger charge is 2.12. The number of unbranched alkanes of at least 4 members (excludes halogenated alkanes) is 10. The molecule has 1 atom stereocenters. The molecular formula is C41H68O4. The van der Waals surface area contributed by atoms with E-state index >= 15 is 0 Å². The van der Waals surface area contributed by atoms with Crippen molar-refractivity contribution in [1.29, 1.82) is 0 Å². The third-order valence-corrected chi connectivity index (χ3v) is 7.47. The molecule has 0 rings (SSSR count). The molecule has 0 fully saturated rings. The van der Waals surface area contributed by atoms with Crippen molar-refractivity contribution in [3.63, 3.8) is 0 Å². The van der Waals surface area contributed by atoms with E-state index in [1.54, 1.807) is 0 Å². The fourth-order valence-electron chi connectivity index (χ4n) is 4.73. The Morgan fingerprint density at radius 1 is 0.533 bits per heavy atom. The van der Waals surface area contributed by atoms with Gasteiger partial charge in [-0.3, -0.25) is 9.59 Å². The predicted octanol–water partition coefficient (Wildman–Crippen LogP) is 12.4. The molecule has 0 N–H and O–H groups in total. The minimum atomic E-state index is -0.100. The molecule has 4 nitrogen and oxygen atoms in total. The molecule has 0 aromatic rings. The summed E-state index contributed by atoms with van der Waals surface area (Å²) in [6, 6.07) is 0. The van der Waals surface area contributed by atoms with Crippen molar-refractivity contribution in [1.82, 2.24) is 0 Å². The molecule has 45 heavy (non-hydrogen) atoms. The lowest BCUT2D eigenvalue weighted by molar-refractivity contribution is -0.149. The van der Waals surface area contributed by atoms with Crippen LogP contribution in [0.2, 0.25) is 0 Å². The second kappa shape index (κ2) is 35.9. The minimum absolute atomic E-state index is 0.00103. The summed E-state index contributed by atoms with van der Waals surface area (Å²) in [5, 5.41) is 0. The van der Waals surface area contributed by atoms with E-state index < -0.39 is 0 Å². The molecule has 0 aliphatic carbocycles. The number of carbonyl (C=O) groups excluding carboxylic acids is 2. The Bertz CT molecular complexity index is 846. The van der Waals surface area contributed by atoms with Gasteiger partial charge in [0.1, 0.15) is 6.10 Å². The van der Waals surface area contributed by atoms with Crippen LogP contribution in [0.1, 0.15) is 162 Å². The molecular weight excluding hydrogens is 556 g/mol. The van der Waals surface area contributed by atoms with Crippen LogP contribution in [0.25, 0.3) is 0 Å². The Morgan fingerprint density at radius 2 is 1.07 bits per heavy atom. The molecule has 256 valence electrons. The summed E-state index contributed by atoms with van der Waals surface area (Å²) in [6.07, 6.45) is 48.9. The molecule has 0 saturated heterocycles. The average molecular weight is 625 g/mol. The molecule has 0 spiro atoms. The van der Waals surface area contributed by atoms with Crippen molar-refractivity contribution in [2.75, 3.05) is 6.61 Å². The van der Waals surface area contributed by atoms with Gasteiger partial charge in [-0.05, 0) is 77.0 Å². The van der Waals surface area contributed by atoms with E-state index in [1.807, 2.05) is 6.92 Å². The largest absolute Gasteiger partial charge is 0.466 e. The summed E-state index contributed by atoms with van der Waals surface area (Å²) in [4.78, 5) is 23.7. The molecule has 0 bridgehead atoms. The zero-order chi connectivity index (χ0) is 32.9. The van der Waals surface area contributed by atoms with Crippen molar-refractivity contribution < 1.29 is 19.1 Å². The van der Waals surface area contributed by atoms with Crippen molar-refractivity contribution >= 4 is 11.9 Å². The van der Waals surface area contributed by atoms with E-state index in [0.29, 0.717) is 19.4 Å². The van der Waals surface area contributed by atoms with Crippen LogP contribution in [-0.4, -0.2) is 24.6 Å². The molecule has 1 unspecified atom stereocenters. The summed E-state index contributed by atoms with van der Waals surface area (Å²) in [5.41, 5.74) is 0. The number of rotatable bonds is 31. The van der Waals surface area contributed by atoms with E-state index in [0.717, 1.165) is 83.5 Å². The highest BCUT2D eigenvalue weighted by Crippen LogP contribution is 2.15. The topological polar surface area (TPSA) is 52.6 Å². The van der Waals surface area contributed by atoms with Crippen LogP contribution in [0.4, 0.5) is 0 Å². The normalized spacial score (nSPS) is 13.0. The van der Waals surface area contributed by atoms with Crippen LogP contribution < -0.4 is 0 Å². The summed E-state index contributed by atoms with van der Waals surface area (Å²) < 4.78 is 11.0. The Balaban J connectivity index is 4.05. The quantitative estimate of drug-likeness (QED) is 0.0437. The van der Waals surface area contributed by atoms with Crippen molar-refractivity contribution in [2.24, 2.45) is 0 Å². The first kappa shape index (κ1) is 42.4. The maximum absolute atomic E-state index is 12.5. The number of hydrogen-bond donors (Lipinski definition) is 0. The second-order valence-electron chi connectivity index (χ2n) is 11.8. The second-order valence-corrected chi connectivity index (χ2v) is 11.8. The van der Waals surface area contributed by atoms with E-state index in [9.17, 15) is 9.59 Å². The summed E-state index contributed by atoms with van der Waals surface area (Å²) in [5.74, 6) is -0.155. The van der Waals surface area contributed by atoms with Crippen LogP contribution in [-0.2, 0) is 19.1 Å². The minimum Gasteiger partial charge on any atom is -0.466 e. The van der Waals surface area contributed by atoms with Crippen molar-refractivity contribution in [2.45, 2.75) is 168 Å². The third-order valence-electron chi connectivity index (χ3n) is 7.47. The molecule has 0 aliphatic rings. The number of carbonyl (C=O) groups is 2. The maximum atomic E-state index is 12.5. The summed E-state index contributed by atoms with van der Waals surface area (Å²) in [6.45, 7) is 6.77. The Kier molecular flexibility index (Phi) is 33.8. The molecule has 4 heteroatoms. The van der Waals surface area contributed by atoms with Gasteiger partial charge < -0.3 is 9.47 Å². The first-order valence-corrected chi connectivity index (χ1v) is 18.4. The Morgan fingerprint density at radius 3 is 1.69 bits per heavy atom. The maximum Gasteiger partial charge on any atom is 0.306 e. The fraction of sp³-hybridized carbons (Fsp3) is 0.659. The number of allylic oxidation sites excluding steroid dienone is 11. The zero-order valence-electron chi connectivity index (χ0n) is 29.4. The monoisotopic (exact) mass is 625 g/mol. The van der Waals surface area contributed by atoms with Crippen molar-refractivity contribution in [3.05, 3.63) is 72.9 Å². The lowest BCUT2D eigenvalue weighted by Gasteiger charge is -2.16. The molecule has 0 heterocycles. The molecule has 0 saturated carbocycles. The van der Waals surface area contributed by atoms with E-state index in [-0.39, 0.29) is 18.0 Å². The highest BCUT2D eigenvalue weighted by atomic mass is 16.5. The zero-order valence-corrected chi connectivity index (χ0v) is 29.4. The van der Waals surface area contributed by atoms with Crippen LogP contribution in [0, 0.1) is 0 Å². The van der Waals surface area contributed by atoms with Gasteiger partial charge in [-0.25, -0.2) is 0 Å². The Labute approximate surface area is 278 Å². The van der Waals surface area contributed by atoms with Gasteiger partial charge in [-0.1, -0.05) is 139 Å². The van der Waals surface area contributed by atoms with Gasteiger partial charge in [0.15, 0.2) is 0 Å². The van der Waals surface area contributed by atoms with Crippen LogP contribution >= 0.6 is 0 Å². The number of esters is 2. The first-order valence-electron chi connectivity index (χ1n) is 18.4. The first-order chi connectivity index (χ1) is 22.1.